The maximum atomic E-state index is 8.15. The molecule has 0 fully saturated rings. The largest absolute Gasteiger partial charge is 0.456 e. The van der Waals surface area contributed by atoms with Crippen LogP contribution in [0.5, 0.6) is 0 Å². The summed E-state index contributed by atoms with van der Waals surface area (Å²) in [7, 11) is 0. The zero-order valence-corrected chi connectivity index (χ0v) is 14.0. The van der Waals surface area contributed by atoms with Gasteiger partial charge in [0.05, 0.1) is 6.85 Å². The van der Waals surface area contributed by atoms with Crippen molar-refractivity contribution in [2.45, 2.75) is 6.42 Å². The molecule has 1 nitrogen and oxygen atoms in total. The molecule has 0 amide bonds. The van der Waals surface area contributed by atoms with Crippen molar-refractivity contribution in [2.75, 3.05) is 0 Å². The molecule has 0 bridgehead atoms. The molecule has 0 saturated carbocycles. The molecule has 5 aromatic rings. The zero-order valence-electron chi connectivity index (χ0n) is 19.0. The van der Waals surface area contributed by atoms with Gasteiger partial charge in [0.15, 0.2) is 0 Å². The quantitative estimate of drug-likeness (QED) is 0.350. The minimum absolute atomic E-state index is 0.184. The van der Waals surface area contributed by atoms with Crippen molar-refractivity contribution in [3.63, 3.8) is 0 Å². The molecule has 26 heavy (non-hydrogen) atoms. The summed E-state index contributed by atoms with van der Waals surface area (Å²) in [5, 5.41) is 2.18. The summed E-state index contributed by atoms with van der Waals surface area (Å²) < 4.78 is 45.7. The summed E-state index contributed by atoms with van der Waals surface area (Å²) in [5.41, 5.74) is 4.79. The van der Waals surface area contributed by atoms with E-state index >= 15 is 0 Å². The summed E-state index contributed by atoms with van der Waals surface area (Å²) in [6.45, 7) is 0. The molecule has 1 heteroatoms. The highest BCUT2D eigenvalue weighted by Crippen LogP contribution is 2.30. The van der Waals surface area contributed by atoms with Crippen LogP contribution in [0.3, 0.4) is 0 Å². The maximum absolute atomic E-state index is 8.15. The van der Waals surface area contributed by atoms with Crippen LogP contribution in [-0.4, -0.2) is 0 Å². The molecule has 0 spiro atoms. The molecule has 5 rings (SSSR count). The molecule has 1 aromatic heterocycles. The highest BCUT2D eigenvalue weighted by Gasteiger charge is 2.07. The molecular formula is C25H18O. The zero-order chi connectivity index (χ0) is 21.7. The Morgan fingerprint density at radius 2 is 1.38 bits per heavy atom. The first kappa shape index (κ1) is 10.6. The standard InChI is InChI=1S/C25H18O/c1-2-6-20(7-3-1)21-13-10-18(11-14-21)16-19-12-15-25-23(17-19)22-8-4-5-9-24(22)26-25/h1-15,17H,16H2/i1D,2D,3D,6D,7D. The van der Waals surface area contributed by atoms with Gasteiger partial charge in [-0.1, -0.05) is 78.7 Å². The van der Waals surface area contributed by atoms with Gasteiger partial charge in [-0.2, -0.15) is 0 Å². The van der Waals surface area contributed by atoms with Crippen molar-refractivity contribution < 1.29 is 11.3 Å². The van der Waals surface area contributed by atoms with Gasteiger partial charge < -0.3 is 4.42 Å². The lowest BCUT2D eigenvalue weighted by molar-refractivity contribution is 0.669. The minimum Gasteiger partial charge on any atom is -0.456 e. The second kappa shape index (κ2) is 6.20. The fourth-order valence-corrected chi connectivity index (χ4v) is 3.30. The highest BCUT2D eigenvalue weighted by atomic mass is 16.3. The second-order valence-corrected chi connectivity index (χ2v) is 6.30. The third-order valence-corrected chi connectivity index (χ3v) is 4.59. The van der Waals surface area contributed by atoms with Crippen molar-refractivity contribution in [3.8, 4) is 11.1 Å². The predicted octanol–water partition coefficient (Wildman–Crippen LogP) is 6.84. The van der Waals surface area contributed by atoms with Gasteiger partial charge >= 0.3 is 0 Å². The van der Waals surface area contributed by atoms with E-state index in [-0.39, 0.29) is 35.8 Å². The fraction of sp³-hybridized carbons (Fsp3) is 0.0400. The molecule has 124 valence electrons. The first-order chi connectivity index (χ1) is 14.9. The van der Waals surface area contributed by atoms with E-state index in [0.717, 1.165) is 39.5 Å². The normalized spacial score (nSPS) is 13.9. The molecule has 0 aliphatic rings. The first-order valence-electron chi connectivity index (χ1n) is 11.0. The van der Waals surface area contributed by atoms with E-state index < -0.39 is 0 Å². The number of hydrogen-bond donors (Lipinski definition) is 0. The van der Waals surface area contributed by atoms with E-state index in [1.165, 1.54) is 0 Å². The van der Waals surface area contributed by atoms with Gasteiger partial charge in [0.2, 0.25) is 0 Å². The van der Waals surface area contributed by atoms with E-state index in [4.69, 9.17) is 11.3 Å². The predicted molar refractivity (Wildman–Crippen MR) is 108 cm³/mol. The Kier molecular flexibility index (Phi) is 2.53. The number of fused-ring (bicyclic) bond motifs is 3. The van der Waals surface area contributed by atoms with E-state index in [2.05, 4.69) is 12.1 Å². The molecule has 0 unspecified atom stereocenters. The van der Waals surface area contributed by atoms with Crippen LogP contribution in [0.2, 0.25) is 0 Å². The Morgan fingerprint density at radius 1 is 0.654 bits per heavy atom. The number of benzene rings is 4. The lowest BCUT2D eigenvalue weighted by atomic mass is 9.99. The fourth-order valence-electron chi connectivity index (χ4n) is 3.30. The van der Waals surface area contributed by atoms with Crippen LogP contribution in [0.4, 0.5) is 0 Å². The molecule has 0 N–H and O–H groups in total. The monoisotopic (exact) mass is 339 g/mol. The Morgan fingerprint density at radius 3 is 2.23 bits per heavy atom. The summed E-state index contributed by atoms with van der Waals surface area (Å²) in [4.78, 5) is 0. The average Bonchev–Trinajstić information content (AvgIpc) is 3.16. The number of hydrogen-bond acceptors (Lipinski definition) is 1. The lowest BCUT2D eigenvalue weighted by Crippen LogP contribution is -1.88. The number of rotatable bonds is 3. The maximum Gasteiger partial charge on any atom is 0.135 e. The van der Waals surface area contributed by atoms with E-state index in [0.29, 0.717) is 5.56 Å². The smallest absolute Gasteiger partial charge is 0.135 e. The number of para-hydroxylation sites is 1. The van der Waals surface area contributed by atoms with Crippen LogP contribution in [0.15, 0.2) is 101 Å². The molecule has 0 aliphatic heterocycles. The number of furan rings is 1. The summed E-state index contributed by atoms with van der Waals surface area (Å²) in [5.74, 6) is 0. The third-order valence-electron chi connectivity index (χ3n) is 4.59. The second-order valence-electron chi connectivity index (χ2n) is 6.30. The SMILES string of the molecule is [2H]c1c([2H])c([2H])c(-c2ccc(Cc3ccc4oc5ccccc5c4c3)cc2)c([2H])c1[2H]. The molecule has 0 aliphatic carbocycles. The van der Waals surface area contributed by atoms with Gasteiger partial charge in [0.25, 0.3) is 0 Å². The van der Waals surface area contributed by atoms with E-state index in [1.54, 1.807) is 0 Å². The van der Waals surface area contributed by atoms with Crippen molar-refractivity contribution in [1.82, 2.24) is 0 Å². The summed E-state index contributed by atoms with van der Waals surface area (Å²) in [6.07, 6.45) is 0.718. The third kappa shape index (κ3) is 2.68. The van der Waals surface area contributed by atoms with Crippen LogP contribution < -0.4 is 0 Å². The molecule has 1 heterocycles. The molecule has 4 aromatic carbocycles. The van der Waals surface area contributed by atoms with Gasteiger partial charge in [0.1, 0.15) is 11.2 Å². The van der Waals surface area contributed by atoms with Crippen LogP contribution in [-0.2, 0) is 6.42 Å². The first-order valence-corrected chi connectivity index (χ1v) is 8.50. The van der Waals surface area contributed by atoms with Gasteiger partial charge in [-0.15, -0.1) is 0 Å². The van der Waals surface area contributed by atoms with E-state index in [1.807, 2.05) is 54.6 Å². The van der Waals surface area contributed by atoms with Crippen molar-refractivity contribution in [3.05, 3.63) is 108 Å². The minimum atomic E-state index is -0.377. The highest BCUT2D eigenvalue weighted by molar-refractivity contribution is 6.05. The Bertz CT molecular complexity index is 1420. The van der Waals surface area contributed by atoms with Crippen molar-refractivity contribution >= 4 is 21.9 Å². The van der Waals surface area contributed by atoms with Gasteiger partial charge in [-0.05, 0) is 46.9 Å². The Hall–Kier alpha value is -3.32. The lowest BCUT2D eigenvalue weighted by Gasteiger charge is -2.05. The van der Waals surface area contributed by atoms with Gasteiger partial charge in [-0.3, -0.25) is 0 Å². The van der Waals surface area contributed by atoms with Gasteiger partial charge in [0, 0.05) is 10.8 Å². The summed E-state index contributed by atoms with van der Waals surface area (Å²) >= 11 is 0. The van der Waals surface area contributed by atoms with Crippen LogP contribution in [0.1, 0.15) is 18.0 Å². The van der Waals surface area contributed by atoms with Gasteiger partial charge in [-0.25, -0.2) is 0 Å². The van der Waals surface area contributed by atoms with Crippen LogP contribution >= 0.6 is 0 Å². The molecule has 0 atom stereocenters. The Labute approximate surface area is 159 Å². The van der Waals surface area contributed by atoms with Crippen LogP contribution in [0.25, 0.3) is 33.1 Å². The summed E-state index contributed by atoms with van der Waals surface area (Å²) in [6, 6.07) is 20.3. The van der Waals surface area contributed by atoms with E-state index in [9.17, 15) is 0 Å². The topological polar surface area (TPSA) is 13.1 Å². The Balaban J connectivity index is 1.48. The van der Waals surface area contributed by atoms with Crippen LogP contribution in [0, 0.1) is 0 Å². The molecule has 0 radical (unpaired) electrons. The molecular weight excluding hydrogens is 316 g/mol. The average molecular weight is 339 g/mol. The van der Waals surface area contributed by atoms with Crippen molar-refractivity contribution in [1.29, 1.82) is 0 Å². The van der Waals surface area contributed by atoms with Crippen molar-refractivity contribution in [2.24, 2.45) is 0 Å². The molecule has 0 saturated heterocycles.